The highest BCUT2D eigenvalue weighted by molar-refractivity contribution is 6.42. The lowest BCUT2D eigenvalue weighted by molar-refractivity contribution is -0.143. The van der Waals surface area contributed by atoms with E-state index >= 15 is 0 Å². The van der Waals surface area contributed by atoms with Crippen molar-refractivity contribution >= 4 is 35.2 Å². The number of carbonyl (C=O) groups excluding carboxylic acids is 1. The van der Waals surface area contributed by atoms with E-state index in [1.54, 1.807) is 25.1 Å². The van der Waals surface area contributed by atoms with Crippen LogP contribution in [-0.2, 0) is 11.3 Å². The van der Waals surface area contributed by atoms with Crippen molar-refractivity contribution in [3.8, 4) is 0 Å². The van der Waals surface area contributed by atoms with Crippen LogP contribution in [0.15, 0.2) is 18.2 Å². The van der Waals surface area contributed by atoms with E-state index in [0.717, 1.165) is 0 Å². The van der Waals surface area contributed by atoms with E-state index in [4.69, 9.17) is 28.3 Å². The topological polar surface area (TPSA) is 78.4 Å². The molecule has 1 rings (SSSR count). The molecule has 0 spiro atoms. The molecule has 0 aliphatic rings. The van der Waals surface area contributed by atoms with E-state index in [-0.39, 0.29) is 13.0 Å². The molecule has 5 nitrogen and oxygen atoms in total. The molecule has 0 heterocycles. The third-order valence-corrected chi connectivity index (χ3v) is 3.90. The number of aliphatic carboxylic acids is 1. The number of hydrogen-bond donors (Lipinski definition) is 3. The van der Waals surface area contributed by atoms with Gasteiger partial charge in [0.2, 0.25) is 0 Å². The lowest BCUT2D eigenvalue weighted by Crippen LogP contribution is -2.54. The average Bonchev–Trinajstić information content (AvgIpc) is 2.40. The van der Waals surface area contributed by atoms with E-state index in [0.29, 0.717) is 15.6 Å². The Hall–Kier alpha value is -1.46. The predicted octanol–water partition coefficient (Wildman–Crippen LogP) is 3.05. The highest BCUT2D eigenvalue weighted by atomic mass is 35.5. The molecular weight excluding hydrogens is 303 g/mol. The van der Waals surface area contributed by atoms with Crippen molar-refractivity contribution < 1.29 is 14.7 Å². The molecular formula is C13H16Cl2N2O3. The third-order valence-electron chi connectivity index (χ3n) is 3.04. The number of carbonyl (C=O) groups is 2. The summed E-state index contributed by atoms with van der Waals surface area (Å²) < 4.78 is 0. The van der Waals surface area contributed by atoms with Gasteiger partial charge in [-0.05, 0) is 25.0 Å². The third kappa shape index (κ3) is 4.02. The summed E-state index contributed by atoms with van der Waals surface area (Å²) in [5, 5.41) is 14.8. The minimum Gasteiger partial charge on any atom is -0.480 e. The number of benzene rings is 1. The molecule has 20 heavy (non-hydrogen) atoms. The Balaban J connectivity index is 2.64. The van der Waals surface area contributed by atoms with E-state index in [1.807, 2.05) is 0 Å². The molecule has 3 N–H and O–H groups in total. The highest BCUT2D eigenvalue weighted by Crippen LogP contribution is 2.25. The molecule has 1 aromatic rings. The van der Waals surface area contributed by atoms with Crippen LogP contribution in [0.5, 0.6) is 0 Å². The Labute approximate surface area is 127 Å². The fraction of sp³-hybridized carbons (Fsp3) is 0.385. The van der Waals surface area contributed by atoms with E-state index in [9.17, 15) is 9.59 Å². The predicted molar refractivity (Wildman–Crippen MR) is 78.2 cm³/mol. The molecule has 0 fully saturated rings. The van der Waals surface area contributed by atoms with E-state index < -0.39 is 17.5 Å². The number of carboxylic acid groups (broad SMARTS) is 1. The summed E-state index contributed by atoms with van der Waals surface area (Å²) in [7, 11) is 0. The number of carboxylic acids is 1. The maximum atomic E-state index is 11.7. The van der Waals surface area contributed by atoms with Crippen molar-refractivity contribution in [2.24, 2.45) is 0 Å². The zero-order valence-corrected chi connectivity index (χ0v) is 12.7. The van der Waals surface area contributed by atoms with Crippen LogP contribution in [0.1, 0.15) is 25.8 Å². The molecule has 1 unspecified atom stereocenters. The molecule has 1 aromatic carbocycles. The minimum atomic E-state index is -1.30. The Kier molecular flexibility index (Phi) is 5.65. The normalized spacial score (nSPS) is 13.4. The standard InChI is InChI=1S/C13H16Cl2N2O3/c1-3-13(2,11(18)19)17-12(20)16-7-8-5-4-6-9(14)10(8)15/h4-6H,3,7H2,1-2H3,(H,18,19)(H2,16,17,20). The molecule has 0 radical (unpaired) electrons. The summed E-state index contributed by atoms with van der Waals surface area (Å²) in [6.45, 7) is 3.29. The van der Waals surface area contributed by atoms with Crippen LogP contribution in [0, 0.1) is 0 Å². The van der Waals surface area contributed by atoms with Gasteiger partial charge in [-0.3, -0.25) is 0 Å². The molecule has 0 aliphatic heterocycles. The Bertz CT molecular complexity index is 522. The van der Waals surface area contributed by atoms with Crippen molar-refractivity contribution in [2.75, 3.05) is 0 Å². The summed E-state index contributed by atoms with van der Waals surface area (Å²) in [5.41, 5.74) is -0.648. The maximum absolute atomic E-state index is 11.7. The van der Waals surface area contributed by atoms with Gasteiger partial charge in [0.15, 0.2) is 0 Å². The van der Waals surface area contributed by atoms with Gasteiger partial charge >= 0.3 is 12.0 Å². The number of amides is 2. The van der Waals surface area contributed by atoms with Gasteiger partial charge in [0.1, 0.15) is 5.54 Å². The molecule has 0 aromatic heterocycles. The van der Waals surface area contributed by atoms with Crippen LogP contribution < -0.4 is 10.6 Å². The van der Waals surface area contributed by atoms with Crippen molar-refractivity contribution in [1.82, 2.24) is 10.6 Å². The largest absolute Gasteiger partial charge is 0.480 e. The zero-order chi connectivity index (χ0) is 15.3. The van der Waals surface area contributed by atoms with Crippen LogP contribution in [0.3, 0.4) is 0 Å². The van der Waals surface area contributed by atoms with Gasteiger partial charge in [-0.2, -0.15) is 0 Å². The SMILES string of the molecule is CCC(C)(NC(=O)NCc1cccc(Cl)c1Cl)C(=O)O. The second-order valence-electron chi connectivity index (χ2n) is 4.51. The van der Waals surface area contributed by atoms with Crippen LogP contribution in [0.4, 0.5) is 4.79 Å². The summed E-state index contributed by atoms with van der Waals surface area (Å²) in [6, 6.07) is 4.51. The van der Waals surface area contributed by atoms with Gasteiger partial charge in [-0.15, -0.1) is 0 Å². The van der Waals surface area contributed by atoms with Crippen LogP contribution in [-0.4, -0.2) is 22.6 Å². The quantitative estimate of drug-likeness (QED) is 0.780. The highest BCUT2D eigenvalue weighted by Gasteiger charge is 2.32. The summed E-state index contributed by atoms with van der Waals surface area (Å²) >= 11 is 11.9. The number of urea groups is 1. The number of nitrogens with one attached hydrogen (secondary N) is 2. The van der Waals surface area contributed by atoms with E-state index in [2.05, 4.69) is 10.6 Å². The number of halogens is 2. The van der Waals surface area contributed by atoms with Gasteiger partial charge in [0.05, 0.1) is 10.0 Å². The molecule has 7 heteroatoms. The van der Waals surface area contributed by atoms with Crippen molar-refractivity contribution in [3.05, 3.63) is 33.8 Å². The summed E-state index contributed by atoms with van der Waals surface area (Å²) in [4.78, 5) is 22.8. The van der Waals surface area contributed by atoms with Gasteiger partial charge in [-0.1, -0.05) is 42.3 Å². The first-order chi connectivity index (χ1) is 9.30. The van der Waals surface area contributed by atoms with Crippen LogP contribution in [0.2, 0.25) is 10.0 Å². The van der Waals surface area contributed by atoms with Crippen molar-refractivity contribution in [1.29, 1.82) is 0 Å². The average molecular weight is 319 g/mol. The van der Waals surface area contributed by atoms with Crippen molar-refractivity contribution in [3.63, 3.8) is 0 Å². The fourth-order valence-electron chi connectivity index (χ4n) is 1.45. The second kappa shape index (κ2) is 6.81. The van der Waals surface area contributed by atoms with Gasteiger partial charge in [-0.25, -0.2) is 9.59 Å². The molecule has 0 bridgehead atoms. The molecule has 110 valence electrons. The molecule has 0 saturated carbocycles. The number of rotatable bonds is 5. The first-order valence-electron chi connectivity index (χ1n) is 6.02. The van der Waals surface area contributed by atoms with Crippen molar-refractivity contribution in [2.45, 2.75) is 32.4 Å². The summed E-state index contributed by atoms with van der Waals surface area (Å²) in [5.74, 6) is -1.09. The number of hydrogen-bond acceptors (Lipinski definition) is 2. The lowest BCUT2D eigenvalue weighted by atomic mass is 10.00. The van der Waals surface area contributed by atoms with Gasteiger partial charge in [0.25, 0.3) is 0 Å². The monoisotopic (exact) mass is 318 g/mol. The Morgan fingerprint density at radius 2 is 2.00 bits per heavy atom. The minimum absolute atomic E-state index is 0.157. The molecule has 0 aliphatic carbocycles. The van der Waals surface area contributed by atoms with Crippen LogP contribution >= 0.6 is 23.2 Å². The second-order valence-corrected chi connectivity index (χ2v) is 5.30. The first-order valence-corrected chi connectivity index (χ1v) is 6.78. The Morgan fingerprint density at radius 3 is 2.55 bits per heavy atom. The Morgan fingerprint density at radius 1 is 1.35 bits per heavy atom. The van der Waals surface area contributed by atoms with Gasteiger partial charge < -0.3 is 15.7 Å². The lowest BCUT2D eigenvalue weighted by Gasteiger charge is -2.24. The first kappa shape index (κ1) is 16.6. The maximum Gasteiger partial charge on any atom is 0.329 e. The van der Waals surface area contributed by atoms with E-state index in [1.165, 1.54) is 6.92 Å². The molecule has 2 amide bonds. The smallest absolute Gasteiger partial charge is 0.329 e. The fourth-order valence-corrected chi connectivity index (χ4v) is 1.84. The molecule has 0 saturated heterocycles. The molecule has 1 atom stereocenters. The van der Waals surface area contributed by atoms with Crippen LogP contribution in [0.25, 0.3) is 0 Å². The van der Waals surface area contributed by atoms with Gasteiger partial charge in [0, 0.05) is 6.54 Å². The summed E-state index contributed by atoms with van der Waals surface area (Å²) in [6.07, 6.45) is 0.272. The zero-order valence-electron chi connectivity index (χ0n) is 11.2.